The number of pyridine rings is 1. The van der Waals surface area contributed by atoms with Gasteiger partial charge in [-0.15, -0.1) is 0 Å². The van der Waals surface area contributed by atoms with E-state index in [4.69, 9.17) is 0 Å². The maximum Gasteiger partial charge on any atom is 0.255 e. The van der Waals surface area contributed by atoms with Crippen molar-refractivity contribution in [2.75, 3.05) is 17.6 Å². The van der Waals surface area contributed by atoms with Gasteiger partial charge in [-0.05, 0) is 12.1 Å². The van der Waals surface area contributed by atoms with Crippen molar-refractivity contribution in [1.82, 2.24) is 10.3 Å². The minimum atomic E-state index is -3.51. The van der Waals surface area contributed by atoms with E-state index < -0.39 is 15.9 Å². The highest BCUT2D eigenvalue weighted by Crippen LogP contribution is 2.41. The SMILES string of the molecule is CN(c1c2c(c(O)c3ncccc13)C(=O)NC2)S(C)(=O)=O. The number of amides is 1. The first kappa shape index (κ1) is 13.6. The zero-order chi connectivity index (χ0) is 15.4. The van der Waals surface area contributed by atoms with E-state index in [1.165, 1.54) is 13.2 Å². The zero-order valence-electron chi connectivity index (χ0n) is 11.4. The number of hydrogen-bond acceptors (Lipinski definition) is 5. The molecule has 0 atom stereocenters. The second-order valence-corrected chi connectivity index (χ2v) is 6.88. The summed E-state index contributed by atoms with van der Waals surface area (Å²) in [7, 11) is -2.10. The van der Waals surface area contributed by atoms with Gasteiger partial charge in [0.05, 0.1) is 17.5 Å². The molecule has 7 nitrogen and oxygen atoms in total. The van der Waals surface area contributed by atoms with Gasteiger partial charge in [-0.3, -0.25) is 14.1 Å². The number of phenols is 1. The summed E-state index contributed by atoms with van der Waals surface area (Å²) in [5.74, 6) is -0.653. The first-order valence-corrected chi connectivity index (χ1v) is 8.02. The smallest absolute Gasteiger partial charge is 0.255 e. The molecule has 2 aromatic rings. The highest BCUT2D eigenvalue weighted by Gasteiger charge is 2.32. The van der Waals surface area contributed by atoms with E-state index in [0.717, 1.165) is 10.6 Å². The number of aromatic hydroxyl groups is 1. The molecule has 1 aliphatic heterocycles. The van der Waals surface area contributed by atoms with Crippen LogP contribution in [0.1, 0.15) is 15.9 Å². The highest BCUT2D eigenvalue weighted by molar-refractivity contribution is 7.92. The largest absolute Gasteiger partial charge is 0.505 e. The number of benzene rings is 1. The number of nitrogens with one attached hydrogen (secondary N) is 1. The van der Waals surface area contributed by atoms with Gasteiger partial charge in [-0.1, -0.05) is 0 Å². The Morgan fingerprint density at radius 2 is 2.14 bits per heavy atom. The van der Waals surface area contributed by atoms with Gasteiger partial charge in [0.15, 0.2) is 5.75 Å². The first-order chi connectivity index (χ1) is 9.82. The van der Waals surface area contributed by atoms with E-state index in [1.54, 1.807) is 12.1 Å². The van der Waals surface area contributed by atoms with Crippen LogP contribution in [0.4, 0.5) is 5.69 Å². The lowest BCUT2D eigenvalue weighted by Gasteiger charge is -2.22. The van der Waals surface area contributed by atoms with Gasteiger partial charge < -0.3 is 10.4 Å². The fourth-order valence-corrected chi connectivity index (χ4v) is 3.07. The standard InChI is InChI=1S/C13H13N3O4S/c1-16(21(2,19)20)11-7-4-3-5-14-10(7)12(17)9-8(11)6-15-13(9)18/h3-5,17H,6H2,1-2H3,(H,15,18). The molecule has 21 heavy (non-hydrogen) atoms. The molecule has 0 radical (unpaired) electrons. The maximum atomic E-state index is 11.9. The van der Waals surface area contributed by atoms with E-state index in [9.17, 15) is 18.3 Å². The predicted molar refractivity (Wildman–Crippen MR) is 77.8 cm³/mol. The molecular weight excluding hydrogens is 294 g/mol. The highest BCUT2D eigenvalue weighted by atomic mass is 32.2. The van der Waals surface area contributed by atoms with Crippen LogP contribution in [-0.2, 0) is 16.6 Å². The van der Waals surface area contributed by atoms with Gasteiger partial charge in [-0.25, -0.2) is 8.42 Å². The minimum Gasteiger partial charge on any atom is -0.505 e. The molecule has 2 N–H and O–H groups in total. The molecule has 1 aromatic carbocycles. The lowest BCUT2D eigenvalue weighted by atomic mass is 10.0. The van der Waals surface area contributed by atoms with Gasteiger partial charge in [0.2, 0.25) is 10.0 Å². The topological polar surface area (TPSA) is 99.6 Å². The lowest BCUT2D eigenvalue weighted by molar-refractivity contribution is 0.0963. The molecule has 1 aliphatic rings. The van der Waals surface area contributed by atoms with Gasteiger partial charge >= 0.3 is 0 Å². The summed E-state index contributed by atoms with van der Waals surface area (Å²) in [6.45, 7) is 0.168. The summed E-state index contributed by atoms with van der Waals surface area (Å²) in [6.07, 6.45) is 2.56. The van der Waals surface area contributed by atoms with Crippen LogP contribution in [0.3, 0.4) is 0 Å². The Morgan fingerprint density at radius 3 is 2.81 bits per heavy atom. The normalized spacial score (nSPS) is 14.1. The summed E-state index contributed by atoms with van der Waals surface area (Å²) in [4.78, 5) is 16.0. The summed E-state index contributed by atoms with van der Waals surface area (Å²) in [5, 5.41) is 13.3. The van der Waals surface area contributed by atoms with Crippen LogP contribution in [0, 0.1) is 0 Å². The van der Waals surface area contributed by atoms with Gasteiger partial charge in [0, 0.05) is 30.7 Å². The summed E-state index contributed by atoms with van der Waals surface area (Å²) in [5.41, 5.74) is 1.13. The number of anilines is 1. The van der Waals surface area contributed by atoms with E-state index in [1.807, 2.05) is 0 Å². The van der Waals surface area contributed by atoms with E-state index in [-0.39, 0.29) is 23.4 Å². The van der Waals surface area contributed by atoms with Crippen molar-refractivity contribution in [3.8, 4) is 5.75 Å². The molecule has 1 aromatic heterocycles. The molecule has 0 aliphatic carbocycles. The molecular formula is C13H13N3O4S. The number of carbonyl (C=O) groups is 1. The molecule has 0 saturated heterocycles. The van der Waals surface area contributed by atoms with Crippen molar-refractivity contribution >= 4 is 32.5 Å². The molecule has 2 heterocycles. The molecule has 1 amide bonds. The predicted octanol–water partition coefficient (Wildman–Crippen LogP) is 0.580. The number of aromatic nitrogens is 1. The number of sulfonamides is 1. The third kappa shape index (κ3) is 1.90. The van der Waals surface area contributed by atoms with Crippen LogP contribution in [0.25, 0.3) is 10.9 Å². The number of phenolic OH excluding ortho intramolecular Hbond substituents is 1. The van der Waals surface area contributed by atoms with Gasteiger partial charge in [-0.2, -0.15) is 0 Å². The Morgan fingerprint density at radius 1 is 1.43 bits per heavy atom. The molecule has 0 unspecified atom stereocenters. The molecule has 3 rings (SSSR count). The van der Waals surface area contributed by atoms with Crippen LogP contribution < -0.4 is 9.62 Å². The third-order valence-corrected chi connectivity index (χ3v) is 4.75. The third-order valence-electron chi connectivity index (χ3n) is 3.58. The lowest BCUT2D eigenvalue weighted by Crippen LogP contribution is -2.26. The van der Waals surface area contributed by atoms with Crippen molar-refractivity contribution in [3.63, 3.8) is 0 Å². The number of rotatable bonds is 2. The Balaban J connectivity index is 2.49. The molecule has 0 bridgehead atoms. The van der Waals surface area contributed by atoms with Gasteiger partial charge in [0.1, 0.15) is 5.52 Å². The fourth-order valence-electron chi connectivity index (χ4n) is 2.53. The summed E-state index contributed by atoms with van der Waals surface area (Å²) < 4.78 is 24.9. The molecule has 110 valence electrons. The second kappa shape index (κ2) is 4.32. The Hall–Kier alpha value is -2.35. The van der Waals surface area contributed by atoms with Gasteiger partial charge in [0.25, 0.3) is 5.91 Å². The van der Waals surface area contributed by atoms with E-state index in [2.05, 4.69) is 10.3 Å². The minimum absolute atomic E-state index is 0.0895. The Kier molecular flexibility index (Phi) is 2.80. The van der Waals surface area contributed by atoms with Crippen molar-refractivity contribution in [2.45, 2.75) is 6.54 Å². The van der Waals surface area contributed by atoms with Crippen LogP contribution >= 0.6 is 0 Å². The summed E-state index contributed by atoms with van der Waals surface area (Å²) >= 11 is 0. The average molecular weight is 307 g/mol. The van der Waals surface area contributed by atoms with Crippen molar-refractivity contribution in [3.05, 3.63) is 29.5 Å². The molecule has 8 heteroatoms. The van der Waals surface area contributed by atoms with Crippen LogP contribution in [-0.4, -0.2) is 37.7 Å². The fraction of sp³-hybridized carbons (Fsp3) is 0.231. The molecule has 0 fully saturated rings. The summed E-state index contributed by atoms with van der Waals surface area (Å²) in [6, 6.07) is 3.32. The second-order valence-electron chi connectivity index (χ2n) is 4.86. The maximum absolute atomic E-state index is 11.9. The van der Waals surface area contributed by atoms with Crippen molar-refractivity contribution in [2.24, 2.45) is 0 Å². The Bertz CT molecular complexity index is 877. The molecule has 0 spiro atoms. The number of hydrogen-bond donors (Lipinski definition) is 2. The monoisotopic (exact) mass is 307 g/mol. The molecule has 0 saturated carbocycles. The first-order valence-electron chi connectivity index (χ1n) is 6.17. The van der Waals surface area contributed by atoms with E-state index >= 15 is 0 Å². The number of carbonyl (C=O) groups excluding carboxylic acids is 1. The van der Waals surface area contributed by atoms with Crippen LogP contribution in [0.2, 0.25) is 0 Å². The van der Waals surface area contributed by atoms with Crippen molar-refractivity contribution in [1.29, 1.82) is 0 Å². The quantitative estimate of drug-likeness (QED) is 0.845. The van der Waals surface area contributed by atoms with Crippen molar-refractivity contribution < 1.29 is 18.3 Å². The zero-order valence-corrected chi connectivity index (χ0v) is 12.2. The van der Waals surface area contributed by atoms with E-state index in [0.29, 0.717) is 16.6 Å². The average Bonchev–Trinajstić information content (AvgIpc) is 2.80. The number of fused-ring (bicyclic) bond motifs is 2. The van der Waals surface area contributed by atoms with Crippen LogP contribution in [0.5, 0.6) is 5.75 Å². The number of nitrogens with zero attached hydrogens (tertiary/aromatic N) is 2. The Labute approximate surface area is 121 Å². The van der Waals surface area contributed by atoms with Crippen LogP contribution in [0.15, 0.2) is 18.3 Å².